The fourth-order valence-electron chi connectivity index (χ4n) is 4.25. The summed E-state index contributed by atoms with van der Waals surface area (Å²) >= 11 is 0. The van der Waals surface area contributed by atoms with Crippen LogP contribution in [0, 0.1) is 23.7 Å². The summed E-state index contributed by atoms with van der Waals surface area (Å²) in [7, 11) is 0. The Labute approximate surface area is 96.8 Å². The Morgan fingerprint density at radius 3 is 1.75 bits per heavy atom. The smallest absolute Gasteiger partial charge is 0.139 e. The van der Waals surface area contributed by atoms with Crippen LogP contribution in [0.4, 0.5) is 0 Å². The molecule has 0 heterocycles. The molecule has 3 aliphatic rings. The van der Waals surface area contributed by atoms with Crippen molar-refractivity contribution >= 4 is 11.6 Å². The van der Waals surface area contributed by atoms with Crippen molar-refractivity contribution in [1.82, 2.24) is 0 Å². The number of hydrogen-bond donors (Lipinski definition) is 0. The highest BCUT2D eigenvalue weighted by Gasteiger charge is 2.44. The monoisotopic (exact) mass is 220 g/mol. The van der Waals surface area contributed by atoms with Gasteiger partial charge in [0.15, 0.2) is 0 Å². The first-order valence-corrected chi connectivity index (χ1v) is 6.81. The fourth-order valence-corrected chi connectivity index (χ4v) is 4.25. The van der Waals surface area contributed by atoms with Gasteiger partial charge < -0.3 is 0 Å². The van der Waals surface area contributed by atoms with E-state index in [0.717, 1.165) is 38.5 Å². The van der Waals surface area contributed by atoms with Gasteiger partial charge in [-0.1, -0.05) is 12.8 Å². The molecule has 16 heavy (non-hydrogen) atoms. The highest BCUT2D eigenvalue weighted by molar-refractivity contribution is 5.88. The minimum atomic E-state index is 0.245. The summed E-state index contributed by atoms with van der Waals surface area (Å²) in [6.45, 7) is 0. The molecule has 0 bridgehead atoms. The summed E-state index contributed by atoms with van der Waals surface area (Å²) in [6, 6.07) is 0. The van der Waals surface area contributed by atoms with Crippen molar-refractivity contribution in [1.29, 1.82) is 0 Å². The predicted octanol–water partition coefficient (Wildman–Crippen LogP) is 2.75. The first kappa shape index (κ1) is 10.5. The van der Waals surface area contributed by atoms with Gasteiger partial charge in [-0.15, -0.1) is 0 Å². The third kappa shape index (κ3) is 1.63. The lowest BCUT2D eigenvalue weighted by atomic mass is 9.74. The van der Waals surface area contributed by atoms with Crippen LogP contribution in [0.1, 0.15) is 51.4 Å². The molecule has 0 radical (unpaired) electrons. The molecule has 3 rings (SSSR count). The lowest BCUT2D eigenvalue weighted by Crippen LogP contribution is -2.33. The van der Waals surface area contributed by atoms with Crippen molar-refractivity contribution < 1.29 is 9.59 Å². The normalized spacial score (nSPS) is 43.8. The molecule has 3 fully saturated rings. The van der Waals surface area contributed by atoms with Gasteiger partial charge in [-0.3, -0.25) is 9.59 Å². The van der Waals surface area contributed by atoms with E-state index in [-0.39, 0.29) is 11.8 Å². The largest absolute Gasteiger partial charge is 0.300 e. The van der Waals surface area contributed by atoms with Crippen LogP contribution in [0.5, 0.6) is 0 Å². The van der Waals surface area contributed by atoms with Crippen LogP contribution in [-0.4, -0.2) is 11.6 Å². The van der Waals surface area contributed by atoms with Crippen LogP contribution in [0.25, 0.3) is 0 Å². The number of hydrogen-bond acceptors (Lipinski definition) is 2. The number of ketones is 2. The third-order valence-electron chi connectivity index (χ3n) is 5.03. The van der Waals surface area contributed by atoms with E-state index < -0.39 is 0 Å². The van der Waals surface area contributed by atoms with Crippen LogP contribution in [0.2, 0.25) is 0 Å². The van der Waals surface area contributed by atoms with Crippen molar-refractivity contribution in [3.63, 3.8) is 0 Å². The van der Waals surface area contributed by atoms with Gasteiger partial charge in [0.1, 0.15) is 11.6 Å². The first-order valence-electron chi connectivity index (χ1n) is 6.81. The fraction of sp³-hybridized carbons (Fsp3) is 0.857. The van der Waals surface area contributed by atoms with Gasteiger partial charge in [-0.25, -0.2) is 0 Å². The molecule has 0 aromatic rings. The van der Waals surface area contributed by atoms with Gasteiger partial charge in [0.25, 0.3) is 0 Å². The number of carbonyl (C=O) groups is 2. The molecule has 0 aromatic carbocycles. The van der Waals surface area contributed by atoms with Crippen LogP contribution in [0.3, 0.4) is 0 Å². The third-order valence-corrected chi connectivity index (χ3v) is 5.03. The van der Waals surface area contributed by atoms with E-state index >= 15 is 0 Å². The lowest BCUT2D eigenvalue weighted by Gasteiger charge is -2.28. The van der Waals surface area contributed by atoms with Gasteiger partial charge in [0, 0.05) is 24.7 Å². The zero-order chi connectivity index (χ0) is 11.1. The van der Waals surface area contributed by atoms with E-state index in [2.05, 4.69) is 0 Å². The van der Waals surface area contributed by atoms with Crippen molar-refractivity contribution in [3.8, 4) is 0 Å². The van der Waals surface area contributed by atoms with Crippen molar-refractivity contribution in [3.05, 3.63) is 0 Å². The minimum absolute atomic E-state index is 0.245. The van der Waals surface area contributed by atoms with Crippen molar-refractivity contribution in [2.75, 3.05) is 0 Å². The second-order valence-electron chi connectivity index (χ2n) is 5.94. The van der Waals surface area contributed by atoms with Crippen molar-refractivity contribution in [2.45, 2.75) is 51.4 Å². The van der Waals surface area contributed by atoms with E-state index in [4.69, 9.17) is 0 Å². The average molecular weight is 220 g/mol. The SMILES string of the molecule is O=C1C[C@H]2CCC[C@@H]2C(=O)[C@@H]2CCC[C@H]2C1. The molecule has 0 saturated heterocycles. The topological polar surface area (TPSA) is 34.1 Å². The minimum Gasteiger partial charge on any atom is -0.300 e. The number of Topliss-reactive ketones (excluding diaryl/α,β-unsaturated/α-hetero) is 2. The summed E-state index contributed by atoms with van der Waals surface area (Å²) in [5, 5.41) is 0. The van der Waals surface area contributed by atoms with Gasteiger partial charge in [-0.05, 0) is 37.5 Å². The number of rotatable bonds is 0. The summed E-state index contributed by atoms with van der Waals surface area (Å²) in [5.74, 6) is 2.26. The zero-order valence-electron chi connectivity index (χ0n) is 9.78. The van der Waals surface area contributed by atoms with Crippen molar-refractivity contribution in [2.24, 2.45) is 23.7 Å². The van der Waals surface area contributed by atoms with Crippen LogP contribution in [-0.2, 0) is 9.59 Å². The summed E-state index contributed by atoms with van der Waals surface area (Å²) < 4.78 is 0. The molecular weight excluding hydrogens is 200 g/mol. The quantitative estimate of drug-likeness (QED) is 0.629. The second-order valence-corrected chi connectivity index (χ2v) is 5.94. The van der Waals surface area contributed by atoms with Gasteiger partial charge in [0.05, 0.1) is 0 Å². The van der Waals surface area contributed by atoms with E-state index in [1.54, 1.807) is 0 Å². The molecule has 0 spiro atoms. The summed E-state index contributed by atoms with van der Waals surface area (Å²) in [5.41, 5.74) is 0. The maximum absolute atomic E-state index is 12.5. The van der Waals surface area contributed by atoms with E-state index in [9.17, 15) is 9.59 Å². The lowest BCUT2D eigenvalue weighted by molar-refractivity contribution is -0.132. The molecular formula is C14H20O2. The molecule has 3 aliphatic carbocycles. The average Bonchev–Trinajstić information content (AvgIpc) is 2.84. The molecule has 2 heteroatoms. The van der Waals surface area contributed by atoms with Crippen LogP contribution < -0.4 is 0 Å². The summed E-state index contributed by atoms with van der Waals surface area (Å²) in [6.07, 6.45) is 8.04. The van der Waals surface area contributed by atoms with Gasteiger partial charge in [-0.2, -0.15) is 0 Å². The molecule has 0 aromatic heterocycles. The molecule has 2 nitrogen and oxygen atoms in total. The molecule has 0 unspecified atom stereocenters. The standard InChI is InChI=1S/C14H20O2/c15-11-7-9-3-1-5-12(9)14(16)13-6-2-4-10(13)8-11/h9-10,12-13H,1-8H2/t9-,10+,12+,13-. The highest BCUT2D eigenvalue weighted by Crippen LogP contribution is 2.45. The van der Waals surface area contributed by atoms with E-state index in [0.29, 0.717) is 36.2 Å². The van der Waals surface area contributed by atoms with Gasteiger partial charge in [0.2, 0.25) is 0 Å². The number of carbonyl (C=O) groups excluding carboxylic acids is 2. The maximum Gasteiger partial charge on any atom is 0.139 e. The first-order chi connectivity index (χ1) is 7.75. The summed E-state index contributed by atoms with van der Waals surface area (Å²) in [4.78, 5) is 24.4. The molecule has 0 aliphatic heterocycles. The maximum atomic E-state index is 12.5. The Morgan fingerprint density at radius 1 is 0.750 bits per heavy atom. The Hall–Kier alpha value is -0.660. The highest BCUT2D eigenvalue weighted by atomic mass is 16.1. The molecule has 0 N–H and O–H groups in total. The molecule has 0 amide bonds. The Balaban J connectivity index is 1.87. The molecule has 4 atom stereocenters. The molecule has 3 saturated carbocycles. The zero-order valence-corrected chi connectivity index (χ0v) is 9.78. The van der Waals surface area contributed by atoms with Gasteiger partial charge >= 0.3 is 0 Å². The Bertz CT molecular complexity index is 293. The number of fused-ring (bicyclic) bond motifs is 2. The van der Waals surface area contributed by atoms with E-state index in [1.165, 1.54) is 0 Å². The molecule has 88 valence electrons. The van der Waals surface area contributed by atoms with Crippen LogP contribution in [0.15, 0.2) is 0 Å². The Morgan fingerprint density at radius 2 is 1.25 bits per heavy atom. The van der Waals surface area contributed by atoms with Crippen LogP contribution >= 0.6 is 0 Å². The predicted molar refractivity (Wildman–Crippen MR) is 60.9 cm³/mol. The van der Waals surface area contributed by atoms with E-state index in [1.807, 2.05) is 0 Å². The Kier molecular flexibility index (Phi) is 2.61. The second kappa shape index (κ2) is 3.97.